The molecule has 1 atom stereocenters. The Morgan fingerprint density at radius 2 is 2.35 bits per heavy atom. The van der Waals surface area contributed by atoms with Gasteiger partial charge in [0.25, 0.3) is 0 Å². The van der Waals surface area contributed by atoms with Crippen molar-refractivity contribution in [2.45, 2.75) is 25.3 Å². The molecule has 0 bridgehead atoms. The van der Waals surface area contributed by atoms with Crippen molar-refractivity contribution in [1.29, 1.82) is 0 Å². The lowest BCUT2D eigenvalue weighted by molar-refractivity contribution is 0.415. The lowest BCUT2D eigenvalue weighted by Gasteiger charge is -2.09. The van der Waals surface area contributed by atoms with Crippen LogP contribution in [-0.4, -0.2) is 24.7 Å². The third kappa shape index (κ3) is 2.03. The van der Waals surface area contributed by atoms with Crippen LogP contribution in [-0.2, 0) is 6.42 Å². The number of aromatic nitrogens is 1. The van der Waals surface area contributed by atoms with Crippen molar-refractivity contribution in [1.82, 2.24) is 10.3 Å². The molecule has 0 aliphatic carbocycles. The molecule has 1 aliphatic rings. The number of H-pyrrole nitrogens is 1. The summed E-state index contributed by atoms with van der Waals surface area (Å²) in [6, 6.07) is 6.84. The molecule has 90 valence electrons. The van der Waals surface area contributed by atoms with Gasteiger partial charge in [-0.05, 0) is 49.6 Å². The lowest BCUT2D eigenvalue weighted by Crippen LogP contribution is -2.23. The maximum Gasteiger partial charge on any atom is 0.119 e. The van der Waals surface area contributed by atoms with Gasteiger partial charge in [-0.2, -0.15) is 0 Å². The van der Waals surface area contributed by atoms with E-state index in [-0.39, 0.29) is 0 Å². The second-order valence-corrected chi connectivity index (χ2v) is 4.72. The zero-order valence-corrected chi connectivity index (χ0v) is 10.1. The second-order valence-electron chi connectivity index (χ2n) is 4.72. The topological polar surface area (TPSA) is 37.0 Å². The molecule has 0 unspecified atom stereocenters. The molecule has 17 heavy (non-hydrogen) atoms. The first-order valence-electron chi connectivity index (χ1n) is 6.24. The van der Waals surface area contributed by atoms with Crippen LogP contribution in [0.3, 0.4) is 0 Å². The molecule has 1 fully saturated rings. The molecule has 1 aromatic heterocycles. The maximum absolute atomic E-state index is 5.29. The highest BCUT2D eigenvalue weighted by atomic mass is 16.5. The maximum atomic E-state index is 5.29. The average molecular weight is 230 g/mol. The molecular formula is C14H18N2O. The first-order valence-corrected chi connectivity index (χ1v) is 6.24. The number of benzene rings is 1. The number of aromatic amines is 1. The monoisotopic (exact) mass is 230 g/mol. The molecule has 3 heteroatoms. The van der Waals surface area contributed by atoms with Crippen LogP contribution < -0.4 is 10.1 Å². The molecule has 3 rings (SSSR count). The molecule has 0 spiro atoms. The van der Waals surface area contributed by atoms with Gasteiger partial charge in [0.05, 0.1) is 7.11 Å². The predicted octanol–water partition coefficient (Wildman–Crippen LogP) is 2.47. The molecule has 0 saturated carbocycles. The van der Waals surface area contributed by atoms with Crippen LogP contribution in [0, 0.1) is 0 Å². The zero-order valence-electron chi connectivity index (χ0n) is 10.1. The van der Waals surface area contributed by atoms with E-state index in [1.807, 2.05) is 6.07 Å². The Labute approximate surface area is 101 Å². The summed E-state index contributed by atoms with van der Waals surface area (Å²) >= 11 is 0. The van der Waals surface area contributed by atoms with Gasteiger partial charge in [-0.15, -0.1) is 0 Å². The highest BCUT2D eigenvalue weighted by Gasteiger charge is 2.16. The number of ether oxygens (including phenoxy) is 1. The van der Waals surface area contributed by atoms with Crippen molar-refractivity contribution in [3.8, 4) is 5.75 Å². The van der Waals surface area contributed by atoms with Gasteiger partial charge in [0.2, 0.25) is 0 Å². The molecule has 3 nitrogen and oxygen atoms in total. The largest absolute Gasteiger partial charge is 0.497 e. The van der Waals surface area contributed by atoms with Gasteiger partial charge in [-0.1, -0.05) is 0 Å². The first-order chi connectivity index (χ1) is 8.36. The van der Waals surface area contributed by atoms with E-state index in [0.29, 0.717) is 6.04 Å². The van der Waals surface area contributed by atoms with Crippen molar-refractivity contribution in [2.24, 2.45) is 0 Å². The molecule has 1 saturated heterocycles. The number of methoxy groups -OCH3 is 1. The van der Waals surface area contributed by atoms with Gasteiger partial charge in [0.1, 0.15) is 5.75 Å². The van der Waals surface area contributed by atoms with Gasteiger partial charge < -0.3 is 15.0 Å². The van der Waals surface area contributed by atoms with E-state index >= 15 is 0 Å². The molecule has 1 aliphatic heterocycles. The summed E-state index contributed by atoms with van der Waals surface area (Å²) in [6.07, 6.45) is 5.82. The third-order valence-corrected chi connectivity index (χ3v) is 3.60. The van der Waals surface area contributed by atoms with Crippen LogP contribution in [0.5, 0.6) is 5.75 Å². The van der Waals surface area contributed by atoms with E-state index in [1.54, 1.807) is 7.11 Å². The van der Waals surface area contributed by atoms with Gasteiger partial charge >= 0.3 is 0 Å². The number of fused-ring (bicyclic) bond motifs is 1. The number of nitrogens with one attached hydrogen (secondary N) is 2. The Morgan fingerprint density at radius 3 is 3.12 bits per heavy atom. The molecule has 0 amide bonds. The van der Waals surface area contributed by atoms with Gasteiger partial charge in [0, 0.05) is 23.1 Å². The predicted molar refractivity (Wildman–Crippen MR) is 69.6 cm³/mol. The number of rotatable bonds is 3. The smallest absolute Gasteiger partial charge is 0.119 e. The highest BCUT2D eigenvalue weighted by Crippen LogP contribution is 2.25. The van der Waals surface area contributed by atoms with Gasteiger partial charge in [0.15, 0.2) is 0 Å². The second kappa shape index (κ2) is 4.41. The summed E-state index contributed by atoms with van der Waals surface area (Å²) in [4.78, 5) is 3.33. The van der Waals surface area contributed by atoms with Gasteiger partial charge in [-0.25, -0.2) is 0 Å². The van der Waals surface area contributed by atoms with E-state index in [4.69, 9.17) is 4.74 Å². The zero-order chi connectivity index (χ0) is 11.7. The van der Waals surface area contributed by atoms with Crippen molar-refractivity contribution >= 4 is 10.9 Å². The standard InChI is InChI=1S/C14H18N2O/c1-17-12-4-5-14-13(8-12)10(9-16-14)7-11-3-2-6-15-11/h4-5,8-9,11,15-16H,2-3,6-7H2,1H3/t11-/m1/s1. The fraction of sp³-hybridized carbons (Fsp3) is 0.429. The van der Waals surface area contributed by atoms with Crippen LogP contribution in [0.15, 0.2) is 24.4 Å². The van der Waals surface area contributed by atoms with E-state index < -0.39 is 0 Å². The molecule has 1 aromatic carbocycles. The molecule has 2 heterocycles. The number of hydrogen-bond donors (Lipinski definition) is 2. The Hall–Kier alpha value is -1.48. The fourth-order valence-electron chi connectivity index (χ4n) is 2.65. The minimum Gasteiger partial charge on any atom is -0.497 e. The molecule has 2 aromatic rings. The Morgan fingerprint density at radius 1 is 1.41 bits per heavy atom. The summed E-state index contributed by atoms with van der Waals surface area (Å²) in [6.45, 7) is 1.16. The summed E-state index contributed by atoms with van der Waals surface area (Å²) in [5.41, 5.74) is 2.58. The first kappa shape index (κ1) is 10.7. The van der Waals surface area contributed by atoms with Crippen LogP contribution in [0.1, 0.15) is 18.4 Å². The van der Waals surface area contributed by atoms with E-state index in [9.17, 15) is 0 Å². The van der Waals surface area contributed by atoms with E-state index in [0.717, 1.165) is 18.7 Å². The van der Waals surface area contributed by atoms with E-state index in [2.05, 4.69) is 28.6 Å². The van der Waals surface area contributed by atoms with Crippen LogP contribution in [0.2, 0.25) is 0 Å². The highest BCUT2D eigenvalue weighted by molar-refractivity contribution is 5.84. The van der Waals surface area contributed by atoms with Crippen LogP contribution in [0.4, 0.5) is 0 Å². The Bertz CT molecular complexity index is 512. The molecule has 0 radical (unpaired) electrons. The van der Waals surface area contributed by atoms with Crippen molar-refractivity contribution < 1.29 is 4.74 Å². The van der Waals surface area contributed by atoms with Crippen molar-refractivity contribution in [3.05, 3.63) is 30.0 Å². The van der Waals surface area contributed by atoms with E-state index in [1.165, 1.54) is 29.3 Å². The Balaban J connectivity index is 1.92. The Kier molecular flexibility index (Phi) is 2.77. The summed E-state index contributed by atoms with van der Waals surface area (Å²) in [5.74, 6) is 0.928. The summed E-state index contributed by atoms with van der Waals surface area (Å²) in [7, 11) is 1.71. The van der Waals surface area contributed by atoms with Crippen LogP contribution >= 0.6 is 0 Å². The summed E-state index contributed by atoms with van der Waals surface area (Å²) < 4.78 is 5.29. The minimum absolute atomic E-state index is 0.639. The van der Waals surface area contributed by atoms with Crippen molar-refractivity contribution in [2.75, 3.05) is 13.7 Å². The summed E-state index contributed by atoms with van der Waals surface area (Å²) in [5, 5.41) is 4.83. The normalized spacial score (nSPS) is 19.9. The van der Waals surface area contributed by atoms with Crippen LogP contribution in [0.25, 0.3) is 10.9 Å². The number of hydrogen-bond acceptors (Lipinski definition) is 2. The van der Waals surface area contributed by atoms with Gasteiger partial charge in [-0.3, -0.25) is 0 Å². The molecular weight excluding hydrogens is 212 g/mol. The fourth-order valence-corrected chi connectivity index (χ4v) is 2.65. The quantitative estimate of drug-likeness (QED) is 0.850. The lowest BCUT2D eigenvalue weighted by atomic mass is 10.0. The minimum atomic E-state index is 0.639. The third-order valence-electron chi connectivity index (χ3n) is 3.60. The van der Waals surface area contributed by atoms with Crippen molar-refractivity contribution in [3.63, 3.8) is 0 Å². The average Bonchev–Trinajstić information content (AvgIpc) is 2.99. The molecule has 2 N–H and O–H groups in total. The SMILES string of the molecule is COc1ccc2[nH]cc(C[C@H]3CCCN3)c2c1.